The number of halogens is 2. The van der Waals surface area contributed by atoms with E-state index in [-0.39, 0.29) is 0 Å². The van der Waals surface area contributed by atoms with Crippen molar-refractivity contribution in [2.24, 2.45) is 0 Å². The van der Waals surface area contributed by atoms with E-state index in [1.807, 2.05) is 48.5 Å². The van der Waals surface area contributed by atoms with Crippen molar-refractivity contribution in [3.05, 3.63) is 87.6 Å². The molecule has 3 rings (SSSR count). The van der Waals surface area contributed by atoms with Gasteiger partial charge in [-0.2, -0.15) is 0 Å². The molecule has 0 saturated carbocycles. The second-order valence-corrected chi connectivity index (χ2v) is 7.28. The summed E-state index contributed by atoms with van der Waals surface area (Å²) < 4.78 is 5.83. The molecule has 6 heteroatoms. The van der Waals surface area contributed by atoms with E-state index >= 15 is 0 Å². The number of carbonyl (C=O) groups is 1. The third kappa shape index (κ3) is 5.16. The maximum atomic E-state index is 11.1. The van der Waals surface area contributed by atoms with Crippen LogP contribution in [0.3, 0.4) is 0 Å². The zero-order valence-corrected chi connectivity index (χ0v) is 16.8. The van der Waals surface area contributed by atoms with Crippen molar-refractivity contribution in [1.29, 1.82) is 0 Å². The van der Waals surface area contributed by atoms with Crippen molar-refractivity contribution >= 4 is 34.7 Å². The normalized spacial score (nSPS) is 14.3. The average Bonchev–Trinajstić information content (AvgIpc) is 2.70. The molecule has 0 radical (unpaired) electrons. The van der Waals surface area contributed by atoms with Crippen LogP contribution in [0.25, 0.3) is 5.57 Å². The Kier molecular flexibility index (Phi) is 7.15. The molecule has 0 amide bonds. The van der Waals surface area contributed by atoms with Gasteiger partial charge in [-0.1, -0.05) is 65.7 Å². The third-order valence-electron chi connectivity index (χ3n) is 4.56. The first-order valence-electron chi connectivity index (χ1n) is 9.02. The highest BCUT2D eigenvalue weighted by atomic mass is 35.5. The molecule has 0 atom stereocenters. The van der Waals surface area contributed by atoms with Gasteiger partial charge in [0.1, 0.15) is 6.61 Å². The highest BCUT2D eigenvalue weighted by molar-refractivity contribution is 6.34. The molecule has 4 nitrogen and oxygen atoms in total. The van der Waals surface area contributed by atoms with Crippen molar-refractivity contribution in [2.45, 2.75) is 6.42 Å². The lowest BCUT2D eigenvalue weighted by molar-refractivity contribution is -0.133. The molecule has 2 aromatic carbocycles. The number of hydrogen-bond donors (Lipinski definition) is 1. The van der Waals surface area contributed by atoms with Gasteiger partial charge in [-0.25, -0.2) is 4.79 Å². The summed E-state index contributed by atoms with van der Waals surface area (Å²) in [5.41, 5.74) is 2.92. The molecule has 0 saturated heterocycles. The van der Waals surface area contributed by atoms with E-state index in [9.17, 15) is 4.79 Å². The van der Waals surface area contributed by atoms with Gasteiger partial charge in [0, 0.05) is 52.0 Å². The number of ether oxygens (including phenoxy) is 1. The molecular weight excluding hydrogens is 397 g/mol. The second kappa shape index (κ2) is 9.78. The predicted octanol–water partition coefficient (Wildman–Crippen LogP) is 5.12. The number of hydrogen-bond acceptors (Lipinski definition) is 3. The van der Waals surface area contributed by atoms with E-state index in [1.165, 1.54) is 0 Å². The van der Waals surface area contributed by atoms with Crippen LogP contribution in [-0.4, -0.2) is 42.2 Å². The first kappa shape index (κ1) is 20.5. The molecule has 1 N–H and O–H groups in total. The van der Waals surface area contributed by atoms with E-state index < -0.39 is 5.97 Å². The number of carboxylic acids is 1. The maximum absolute atomic E-state index is 11.1. The Bertz CT molecular complexity index is 861. The summed E-state index contributed by atoms with van der Waals surface area (Å²) in [4.78, 5) is 13.2. The predicted molar refractivity (Wildman–Crippen MR) is 113 cm³/mol. The van der Waals surface area contributed by atoms with Gasteiger partial charge in [0.05, 0.1) is 6.26 Å². The van der Waals surface area contributed by atoms with Gasteiger partial charge < -0.3 is 9.84 Å². The third-order valence-corrected chi connectivity index (χ3v) is 5.22. The van der Waals surface area contributed by atoms with Crippen molar-refractivity contribution in [1.82, 2.24) is 4.90 Å². The minimum Gasteiger partial charge on any atom is -0.499 e. The highest BCUT2D eigenvalue weighted by Gasteiger charge is 2.17. The van der Waals surface area contributed by atoms with Crippen LogP contribution in [-0.2, 0) is 9.53 Å². The van der Waals surface area contributed by atoms with Gasteiger partial charge in [0.2, 0.25) is 0 Å². The van der Waals surface area contributed by atoms with E-state index in [2.05, 4.69) is 4.90 Å². The molecule has 0 bridgehead atoms. The van der Waals surface area contributed by atoms with Gasteiger partial charge in [-0.15, -0.1) is 0 Å². The minimum atomic E-state index is -0.856. The zero-order valence-electron chi connectivity index (χ0n) is 15.3. The minimum absolute atomic E-state index is 0.435. The van der Waals surface area contributed by atoms with E-state index in [1.54, 1.807) is 12.3 Å². The van der Waals surface area contributed by atoms with Crippen LogP contribution in [0, 0.1) is 0 Å². The summed E-state index contributed by atoms with van der Waals surface area (Å²) in [5.74, 6) is -0.856. The Morgan fingerprint density at radius 2 is 1.68 bits per heavy atom. The van der Waals surface area contributed by atoms with E-state index in [0.29, 0.717) is 35.3 Å². The highest BCUT2D eigenvalue weighted by Crippen LogP contribution is 2.33. The first-order valence-corrected chi connectivity index (χ1v) is 9.78. The number of rotatable bonds is 7. The molecule has 1 heterocycles. The number of carboxylic acid groups (broad SMARTS) is 1. The van der Waals surface area contributed by atoms with Gasteiger partial charge in [0.15, 0.2) is 0 Å². The van der Waals surface area contributed by atoms with Crippen LogP contribution < -0.4 is 0 Å². The molecule has 0 aromatic heterocycles. The lowest BCUT2D eigenvalue weighted by atomic mass is 9.99. The monoisotopic (exact) mass is 417 g/mol. The maximum Gasteiger partial charge on any atom is 0.332 e. The van der Waals surface area contributed by atoms with Crippen LogP contribution >= 0.6 is 23.2 Å². The largest absolute Gasteiger partial charge is 0.499 e. The zero-order chi connectivity index (χ0) is 19.9. The van der Waals surface area contributed by atoms with Crippen molar-refractivity contribution in [2.75, 3.05) is 26.2 Å². The van der Waals surface area contributed by atoms with Crippen LogP contribution in [0.1, 0.15) is 17.5 Å². The molecule has 0 unspecified atom stereocenters. The molecule has 2 aromatic rings. The Hall–Kier alpha value is -2.27. The smallest absolute Gasteiger partial charge is 0.332 e. The fourth-order valence-electron chi connectivity index (χ4n) is 3.11. The van der Waals surface area contributed by atoms with E-state index in [4.69, 9.17) is 33.0 Å². The summed E-state index contributed by atoms with van der Waals surface area (Å²) >= 11 is 12.8. The summed E-state index contributed by atoms with van der Waals surface area (Å²) in [6, 6.07) is 15.1. The van der Waals surface area contributed by atoms with Crippen molar-refractivity contribution < 1.29 is 14.6 Å². The Morgan fingerprint density at radius 3 is 2.25 bits per heavy atom. The quantitative estimate of drug-likeness (QED) is 0.501. The number of aliphatic carboxylic acids is 1. The molecule has 0 fully saturated rings. The topological polar surface area (TPSA) is 49.8 Å². The molecule has 0 aliphatic carbocycles. The van der Waals surface area contributed by atoms with Crippen LogP contribution in [0.5, 0.6) is 0 Å². The summed E-state index contributed by atoms with van der Waals surface area (Å²) in [7, 11) is 0. The van der Waals surface area contributed by atoms with Gasteiger partial charge in [-0.05, 0) is 18.6 Å². The Labute approximate surface area is 174 Å². The molecule has 146 valence electrons. The number of nitrogens with zero attached hydrogens (tertiary/aromatic N) is 1. The van der Waals surface area contributed by atoms with E-state index in [0.717, 1.165) is 29.7 Å². The van der Waals surface area contributed by atoms with Gasteiger partial charge in [-0.3, -0.25) is 4.90 Å². The first-order chi connectivity index (χ1) is 13.6. The van der Waals surface area contributed by atoms with Crippen LogP contribution in [0.4, 0.5) is 0 Å². The van der Waals surface area contributed by atoms with Crippen LogP contribution in [0.15, 0.2) is 66.4 Å². The molecule has 28 heavy (non-hydrogen) atoms. The molecule has 0 spiro atoms. The Morgan fingerprint density at radius 1 is 1.07 bits per heavy atom. The standard InChI is InChI=1S/C22H21Cl2NO3/c23-20-9-3-1-7-17(20)19(18-8-2-4-10-21(18)24)15-28-13-12-25-11-5-6-16(14-25)22(26)27/h1-4,6-10,15H,5,11-14H2,(H,26,27). The fourth-order valence-corrected chi connectivity index (χ4v) is 3.58. The molecule has 1 aliphatic rings. The van der Waals surface area contributed by atoms with Gasteiger partial charge in [0.25, 0.3) is 0 Å². The van der Waals surface area contributed by atoms with Crippen LogP contribution in [0.2, 0.25) is 10.0 Å². The average molecular weight is 418 g/mol. The summed E-state index contributed by atoms with van der Waals surface area (Å²) in [6.45, 7) is 2.33. The molecule has 1 aliphatic heterocycles. The molecular formula is C22H21Cl2NO3. The van der Waals surface area contributed by atoms with Crippen molar-refractivity contribution in [3.63, 3.8) is 0 Å². The summed E-state index contributed by atoms with van der Waals surface area (Å²) in [6.07, 6.45) is 4.20. The Balaban J connectivity index is 1.72. The number of benzene rings is 2. The SMILES string of the molecule is O=C(O)C1=CCCN(CCOC=C(c2ccccc2Cl)c2ccccc2Cl)C1. The van der Waals surface area contributed by atoms with Crippen molar-refractivity contribution in [3.8, 4) is 0 Å². The lowest BCUT2D eigenvalue weighted by Gasteiger charge is -2.25. The fraction of sp³-hybridized carbons (Fsp3) is 0.227. The summed E-state index contributed by atoms with van der Waals surface area (Å²) in [5, 5.41) is 10.4. The lowest BCUT2D eigenvalue weighted by Crippen LogP contribution is -2.34. The van der Waals surface area contributed by atoms with Gasteiger partial charge >= 0.3 is 5.97 Å². The second-order valence-electron chi connectivity index (χ2n) is 6.46.